The van der Waals surface area contributed by atoms with Gasteiger partial charge in [0.15, 0.2) is 0 Å². The Kier molecular flexibility index (Phi) is 5.06. The highest BCUT2D eigenvalue weighted by molar-refractivity contribution is 6.33. The molecule has 0 aromatic heterocycles. The molecule has 2 aromatic carbocycles. The number of para-hydroxylation sites is 1. The van der Waals surface area contributed by atoms with Crippen molar-refractivity contribution in [2.75, 3.05) is 19.5 Å². The van der Waals surface area contributed by atoms with Crippen LogP contribution in [0, 0.1) is 0 Å². The Morgan fingerprint density at radius 1 is 1.24 bits per heavy atom. The fraction of sp³-hybridized carbons (Fsp3) is 0.188. The lowest BCUT2D eigenvalue weighted by Gasteiger charge is -2.18. The number of benzene rings is 2. The number of nitrogens with zero attached hydrogens (tertiary/aromatic N) is 1. The molecule has 0 aliphatic rings. The third-order valence-corrected chi connectivity index (χ3v) is 3.35. The summed E-state index contributed by atoms with van der Waals surface area (Å²) in [6.07, 6.45) is 0. The zero-order chi connectivity index (χ0) is 15.2. The Labute approximate surface area is 129 Å². The first-order chi connectivity index (χ1) is 10.1. The molecule has 5 heteroatoms. The zero-order valence-electron chi connectivity index (χ0n) is 12.0. The molecular weight excluding hydrogens is 288 g/mol. The van der Waals surface area contributed by atoms with Gasteiger partial charge in [-0.15, -0.1) is 0 Å². The molecule has 0 saturated heterocycles. The average Bonchev–Trinajstić information content (AvgIpc) is 2.49. The van der Waals surface area contributed by atoms with E-state index in [0.29, 0.717) is 17.3 Å². The summed E-state index contributed by atoms with van der Waals surface area (Å²) in [5.74, 6) is 0.771. The second-order valence-electron chi connectivity index (χ2n) is 4.62. The predicted molar refractivity (Wildman–Crippen MR) is 84.9 cm³/mol. The molecular formula is C16H17ClN2O2. The average molecular weight is 305 g/mol. The number of amides is 2. The summed E-state index contributed by atoms with van der Waals surface area (Å²) >= 11 is 6.02. The summed E-state index contributed by atoms with van der Waals surface area (Å²) in [5, 5.41) is 3.30. The fourth-order valence-corrected chi connectivity index (χ4v) is 2.07. The van der Waals surface area contributed by atoms with Gasteiger partial charge in [-0.25, -0.2) is 4.79 Å². The number of nitrogens with one attached hydrogen (secondary N) is 1. The van der Waals surface area contributed by atoms with Gasteiger partial charge in [-0.1, -0.05) is 35.9 Å². The number of halogens is 1. The topological polar surface area (TPSA) is 41.6 Å². The normalized spacial score (nSPS) is 10.0. The molecule has 0 aliphatic heterocycles. The summed E-state index contributed by atoms with van der Waals surface area (Å²) in [6.45, 7) is 0.480. The largest absolute Gasteiger partial charge is 0.497 e. The molecule has 0 atom stereocenters. The van der Waals surface area contributed by atoms with E-state index < -0.39 is 0 Å². The quantitative estimate of drug-likeness (QED) is 0.927. The Balaban J connectivity index is 2.01. The van der Waals surface area contributed by atoms with Crippen LogP contribution in [0.4, 0.5) is 10.5 Å². The van der Waals surface area contributed by atoms with Crippen molar-refractivity contribution in [1.29, 1.82) is 0 Å². The van der Waals surface area contributed by atoms with E-state index in [1.54, 1.807) is 31.2 Å². The van der Waals surface area contributed by atoms with Crippen molar-refractivity contribution in [3.05, 3.63) is 59.1 Å². The van der Waals surface area contributed by atoms with Gasteiger partial charge < -0.3 is 15.0 Å². The summed E-state index contributed by atoms with van der Waals surface area (Å²) in [4.78, 5) is 13.7. The maximum absolute atomic E-state index is 12.1. The van der Waals surface area contributed by atoms with Crippen LogP contribution in [0.25, 0.3) is 0 Å². The van der Waals surface area contributed by atoms with Crippen LogP contribution in [-0.4, -0.2) is 25.1 Å². The van der Waals surface area contributed by atoms with Crippen molar-refractivity contribution < 1.29 is 9.53 Å². The van der Waals surface area contributed by atoms with E-state index in [1.807, 2.05) is 36.4 Å². The highest BCUT2D eigenvalue weighted by Crippen LogP contribution is 2.21. The Hall–Kier alpha value is -2.20. The monoisotopic (exact) mass is 304 g/mol. The van der Waals surface area contributed by atoms with Gasteiger partial charge in [0.1, 0.15) is 5.75 Å². The first kappa shape index (κ1) is 15.2. The number of hydrogen-bond donors (Lipinski definition) is 1. The summed E-state index contributed by atoms with van der Waals surface area (Å²) < 4.78 is 5.17. The number of methoxy groups -OCH3 is 1. The molecule has 110 valence electrons. The number of ether oxygens (including phenoxy) is 1. The molecule has 0 aliphatic carbocycles. The Bertz CT molecular complexity index is 631. The predicted octanol–water partition coefficient (Wildman–Crippen LogP) is 4.01. The minimum atomic E-state index is -0.217. The summed E-state index contributed by atoms with van der Waals surface area (Å²) in [6, 6.07) is 14.5. The van der Waals surface area contributed by atoms with Gasteiger partial charge in [0.2, 0.25) is 0 Å². The first-order valence-corrected chi connectivity index (χ1v) is 6.87. The van der Waals surface area contributed by atoms with Gasteiger partial charge in [-0.3, -0.25) is 0 Å². The van der Waals surface area contributed by atoms with E-state index in [-0.39, 0.29) is 6.03 Å². The minimum absolute atomic E-state index is 0.217. The van der Waals surface area contributed by atoms with E-state index >= 15 is 0 Å². The van der Waals surface area contributed by atoms with Crippen LogP contribution >= 0.6 is 11.6 Å². The molecule has 0 bridgehead atoms. The van der Waals surface area contributed by atoms with Crippen LogP contribution in [0.15, 0.2) is 48.5 Å². The molecule has 4 nitrogen and oxygen atoms in total. The van der Waals surface area contributed by atoms with Crippen LogP contribution in [0.3, 0.4) is 0 Å². The number of carbonyl (C=O) groups excluding carboxylic acids is 1. The lowest BCUT2D eigenvalue weighted by Crippen LogP contribution is -2.30. The van der Waals surface area contributed by atoms with Gasteiger partial charge in [-0.2, -0.15) is 0 Å². The van der Waals surface area contributed by atoms with Crippen LogP contribution in [0.5, 0.6) is 5.75 Å². The number of carbonyl (C=O) groups is 1. The van der Waals surface area contributed by atoms with E-state index in [9.17, 15) is 4.79 Å². The molecule has 0 saturated carbocycles. The molecule has 0 fully saturated rings. The van der Waals surface area contributed by atoms with Crippen LogP contribution in [0.1, 0.15) is 5.56 Å². The van der Waals surface area contributed by atoms with Crippen LogP contribution in [-0.2, 0) is 6.54 Å². The molecule has 0 radical (unpaired) electrons. The maximum Gasteiger partial charge on any atom is 0.321 e. The zero-order valence-corrected chi connectivity index (χ0v) is 12.7. The van der Waals surface area contributed by atoms with Gasteiger partial charge >= 0.3 is 6.03 Å². The van der Waals surface area contributed by atoms with E-state index in [1.165, 1.54) is 0 Å². The number of hydrogen-bond acceptors (Lipinski definition) is 2. The fourth-order valence-electron chi connectivity index (χ4n) is 1.89. The second-order valence-corrected chi connectivity index (χ2v) is 5.02. The highest BCUT2D eigenvalue weighted by atomic mass is 35.5. The van der Waals surface area contributed by atoms with Gasteiger partial charge in [0.05, 0.1) is 17.8 Å². The lowest BCUT2D eigenvalue weighted by atomic mass is 10.2. The number of rotatable bonds is 4. The van der Waals surface area contributed by atoms with E-state index in [2.05, 4.69) is 5.32 Å². The van der Waals surface area contributed by atoms with Crippen molar-refractivity contribution in [3.8, 4) is 5.75 Å². The van der Waals surface area contributed by atoms with Crippen molar-refractivity contribution >= 4 is 23.3 Å². The van der Waals surface area contributed by atoms with Crippen LogP contribution in [0.2, 0.25) is 5.02 Å². The smallest absolute Gasteiger partial charge is 0.321 e. The number of urea groups is 1. The van der Waals surface area contributed by atoms with Crippen molar-refractivity contribution in [3.63, 3.8) is 0 Å². The third kappa shape index (κ3) is 4.13. The summed E-state index contributed by atoms with van der Waals surface area (Å²) in [7, 11) is 3.35. The second kappa shape index (κ2) is 6.99. The molecule has 21 heavy (non-hydrogen) atoms. The molecule has 2 aromatic rings. The highest BCUT2D eigenvalue weighted by Gasteiger charge is 2.11. The van der Waals surface area contributed by atoms with Gasteiger partial charge in [0.25, 0.3) is 0 Å². The maximum atomic E-state index is 12.1. The van der Waals surface area contributed by atoms with Gasteiger partial charge in [0, 0.05) is 13.6 Å². The summed E-state index contributed by atoms with van der Waals surface area (Å²) in [5.41, 5.74) is 1.59. The van der Waals surface area contributed by atoms with Crippen molar-refractivity contribution in [2.45, 2.75) is 6.54 Å². The van der Waals surface area contributed by atoms with E-state index in [4.69, 9.17) is 16.3 Å². The first-order valence-electron chi connectivity index (χ1n) is 6.49. The molecule has 0 spiro atoms. The Morgan fingerprint density at radius 3 is 2.71 bits per heavy atom. The third-order valence-electron chi connectivity index (χ3n) is 3.02. The van der Waals surface area contributed by atoms with Gasteiger partial charge in [-0.05, 0) is 29.8 Å². The molecule has 2 amide bonds. The molecule has 2 rings (SSSR count). The SMILES string of the molecule is COc1cccc(CN(C)C(=O)Nc2ccccc2Cl)c1. The standard InChI is InChI=1S/C16H17ClN2O2/c1-19(11-12-6-5-7-13(10-12)21-2)16(20)18-15-9-4-3-8-14(15)17/h3-10H,11H2,1-2H3,(H,18,20). The minimum Gasteiger partial charge on any atom is -0.497 e. The number of anilines is 1. The Morgan fingerprint density at radius 2 is 2.00 bits per heavy atom. The van der Waals surface area contributed by atoms with Crippen molar-refractivity contribution in [1.82, 2.24) is 4.90 Å². The van der Waals surface area contributed by atoms with Crippen molar-refractivity contribution in [2.24, 2.45) is 0 Å². The lowest BCUT2D eigenvalue weighted by molar-refractivity contribution is 0.220. The van der Waals surface area contributed by atoms with E-state index in [0.717, 1.165) is 11.3 Å². The van der Waals surface area contributed by atoms with Crippen LogP contribution < -0.4 is 10.1 Å². The molecule has 0 unspecified atom stereocenters. The molecule has 1 N–H and O–H groups in total. The molecule has 0 heterocycles.